The van der Waals surface area contributed by atoms with Crippen LogP contribution in [0.15, 0.2) is 46.5 Å². The predicted octanol–water partition coefficient (Wildman–Crippen LogP) is 5.25. The summed E-state index contributed by atoms with van der Waals surface area (Å²) in [5, 5.41) is 0.724. The van der Waals surface area contributed by atoms with Crippen LogP contribution in [-0.4, -0.2) is 51.3 Å². The van der Waals surface area contributed by atoms with E-state index in [0.29, 0.717) is 16.3 Å². The van der Waals surface area contributed by atoms with Crippen molar-refractivity contribution in [2.24, 2.45) is 0 Å². The smallest absolute Gasteiger partial charge is 0.424 e. The third-order valence-electron chi connectivity index (χ3n) is 4.85. The van der Waals surface area contributed by atoms with E-state index in [1.807, 2.05) is 24.5 Å². The van der Waals surface area contributed by atoms with Crippen molar-refractivity contribution in [3.63, 3.8) is 0 Å². The second-order valence-electron chi connectivity index (χ2n) is 10.2. The maximum atomic E-state index is 13.5. The number of benzene rings is 1. The molecular formula is C26H32N4O6S. The number of pyridine rings is 1. The Balaban J connectivity index is 2.25. The fourth-order valence-electron chi connectivity index (χ4n) is 3.40. The van der Waals surface area contributed by atoms with E-state index in [1.165, 1.54) is 28.6 Å². The molecule has 0 saturated carbocycles. The van der Waals surface area contributed by atoms with Crippen molar-refractivity contribution in [2.45, 2.75) is 64.4 Å². The van der Waals surface area contributed by atoms with Gasteiger partial charge >= 0.3 is 12.2 Å². The number of imide groups is 1. The number of anilines is 1. The Morgan fingerprint density at radius 1 is 1.03 bits per heavy atom. The predicted molar refractivity (Wildman–Crippen MR) is 143 cm³/mol. The average molecular weight is 529 g/mol. The van der Waals surface area contributed by atoms with E-state index in [1.54, 1.807) is 54.7 Å². The van der Waals surface area contributed by atoms with Gasteiger partial charge in [-0.25, -0.2) is 19.6 Å². The molecular weight excluding hydrogens is 496 g/mol. The van der Waals surface area contributed by atoms with Crippen LogP contribution >= 0.6 is 11.8 Å². The highest BCUT2D eigenvalue weighted by atomic mass is 32.2. The van der Waals surface area contributed by atoms with Gasteiger partial charge in [0.25, 0.3) is 5.56 Å². The summed E-state index contributed by atoms with van der Waals surface area (Å²) < 4.78 is 17.7. The third kappa shape index (κ3) is 7.00. The lowest BCUT2D eigenvalue weighted by Crippen LogP contribution is -2.44. The molecule has 0 spiro atoms. The van der Waals surface area contributed by atoms with Crippen LogP contribution in [0.1, 0.15) is 47.1 Å². The molecule has 1 aromatic carbocycles. The number of hydrogen-bond acceptors (Lipinski definition) is 9. The van der Waals surface area contributed by atoms with Gasteiger partial charge in [-0.15, -0.1) is 0 Å². The third-order valence-corrected chi connectivity index (χ3v) is 5.42. The Labute approximate surface area is 219 Å². The number of ether oxygens (including phenoxy) is 3. The summed E-state index contributed by atoms with van der Waals surface area (Å²) in [5.74, 6) is 0.645. The average Bonchev–Trinajstić information content (AvgIpc) is 2.79. The quantitative estimate of drug-likeness (QED) is 0.324. The second-order valence-corrected chi connectivity index (χ2v) is 11.0. The van der Waals surface area contributed by atoms with Crippen LogP contribution in [-0.2, 0) is 16.0 Å². The van der Waals surface area contributed by atoms with Crippen LogP contribution in [0.25, 0.3) is 11.0 Å². The van der Waals surface area contributed by atoms with Gasteiger partial charge in [0, 0.05) is 12.3 Å². The minimum Gasteiger partial charge on any atom is -0.497 e. The molecule has 0 aliphatic carbocycles. The Morgan fingerprint density at radius 2 is 1.65 bits per heavy atom. The van der Waals surface area contributed by atoms with E-state index < -0.39 is 28.9 Å². The number of rotatable bonds is 5. The molecule has 37 heavy (non-hydrogen) atoms. The molecule has 0 saturated heterocycles. The first-order valence-corrected chi connectivity index (χ1v) is 12.8. The molecule has 0 aliphatic heterocycles. The summed E-state index contributed by atoms with van der Waals surface area (Å²) in [7, 11) is 1.56. The largest absolute Gasteiger partial charge is 0.497 e. The Morgan fingerprint density at radius 3 is 2.19 bits per heavy atom. The van der Waals surface area contributed by atoms with Crippen molar-refractivity contribution in [2.75, 3.05) is 18.3 Å². The van der Waals surface area contributed by atoms with Gasteiger partial charge in [0.1, 0.15) is 22.6 Å². The van der Waals surface area contributed by atoms with Gasteiger partial charge in [0.05, 0.1) is 24.7 Å². The summed E-state index contributed by atoms with van der Waals surface area (Å²) in [6, 6.07) is 8.50. The molecule has 0 aliphatic rings. The summed E-state index contributed by atoms with van der Waals surface area (Å²) in [4.78, 5) is 49.6. The molecule has 10 nitrogen and oxygen atoms in total. The topological polar surface area (TPSA) is 113 Å². The van der Waals surface area contributed by atoms with E-state index in [-0.39, 0.29) is 17.9 Å². The number of thioether (sulfide) groups is 1. The lowest BCUT2D eigenvalue weighted by Gasteiger charge is -2.29. The van der Waals surface area contributed by atoms with Gasteiger partial charge < -0.3 is 14.2 Å². The molecule has 0 fully saturated rings. The Hall–Kier alpha value is -3.60. The molecule has 3 rings (SSSR count). The molecule has 3 aromatic rings. The normalized spacial score (nSPS) is 11.8. The molecule has 0 bridgehead atoms. The summed E-state index contributed by atoms with van der Waals surface area (Å²) >= 11 is 1.30. The van der Waals surface area contributed by atoms with Gasteiger partial charge in [-0.3, -0.25) is 9.36 Å². The SMILES string of the molecule is COc1cccc(Cn2c(=O)cc(N(C(=O)OC(C)(C)C)C(=O)OC(C)(C)C)c3cnc(SC)nc32)c1. The zero-order chi connectivity index (χ0) is 27.5. The monoisotopic (exact) mass is 528 g/mol. The van der Waals surface area contributed by atoms with E-state index in [0.717, 1.165) is 10.5 Å². The van der Waals surface area contributed by atoms with Gasteiger partial charge in [0.2, 0.25) is 0 Å². The lowest BCUT2D eigenvalue weighted by atomic mass is 10.2. The minimum absolute atomic E-state index is 0.0296. The Bertz CT molecular complexity index is 1350. The molecule has 0 unspecified atom stereocenters. The van der Waals surface area contributed by atoms with E-state index >= 15 is 0 Å². The van der Waals surface area contributed by atoms with E-state index in [9.17, 15) is 14.4 Å². The molecule has 2 heterocycles. The molecule has 0 radical (unpaired) electrons. The number of aromatic nitrogens is 3. The van der Waals surface area contributed by atoms with Crippen molar-refractivity contribution >= 4 is 40.7 Å². The summed E-state index contributed by atoms with van der Waals surface area (Å²) in [6.45, 7) is 10.2. The summed E-state index contributed by atoms with van der Waals surface area (Å²) in [5.41, 5.74) is -1.27. The number of carbonyl (C=O) groups excluding carboxylic acids is 2. The van der Waals surface area contributed by atoms with Crippen LogP contribution < -0.4 is 15.2 Å². The first kappa shape index (κ1) is 28.0. The maximum Gasteiger partial charge on any atom is 0.424 e. The number of nitrogens with zero attached hydrogens (tertiary/aromatic N) is 4. The van der Waals surface area contributed by atoms with Crippen LogP contribution in [0.3, 0.4) is 0 Å². The summed E-state index contributed by atoms with van der Waals surface area (Å²) in [6.07, 6.45) is 1.32. The highest BCUT2D eigenvalue weighted by Crippen LogP contribution is 2.29. The van der Waals surface area contributed by atoms with E-state index in [4.69, 9.17) is 14.2 Å². The fourth-order valence-corrected chi connectivity index (χ4v) is 3.73. The van der Waals surface area contributed by atoms with Crippen molar-refractivity contribution in [3.8, 4) is 5.75 Å². The second kappa shape index (κ2) is 10.8. The Kier molecular flexibility index (Phi) is 8.16. The van der Waals surface area contributed by atoms with Crippen molar-refractivity contribution in [1.29, 1.82) is 0 Å². The highest BCUT2D eigenvalue weighted by Gasteiger charge is 2.34. The van der Waals surface area contributed by atoms with Gasteiger partial charge in [0.15, 0.2) is 5.16 Å². The lowest BCUT2D eigenvalue weighted by molar-refractivity contribution is 0.0431. The van der Waals surface area contributed by atoms with Gasteiger partial charge in [-0.05, 0) is 65.5 Å². The molecule has 0 atom stereocenters. The number of amides is 2. The molecule has 2 amide bonds. The zero-order valence-corrected chi connectivity index (χ0v) is 23.1. The first-order valence-electron chi connectivity index (χ1n) is 11.6. The van der Waals surface area contributed by atoms with Crippen molar-refractivity contribution < 1.29 is 23.8 Å². The van der Waals surface area contributed by atoms with Crippen molar-refractivity contribution in [3.05, 3.63) is 52.4 Å². The zero-order valence-electron chi connectivity index (χ0n) is 22.3. The van der Waals surface area contributed by atoms with Crippen molar-refractivity contribution in [1.82, 2.24) is 14.5 Å². The van der Waals surface area contributed by atoms with Gasteiger partial charge in [-0.2, -0.15) is 4.90 Å². The first-order chi connectivity index (χ1) is 17.2. The maximum absolute atomic E-state index is 13.5. The minimum atomic E-state index is -0.984. The molecule has 0 N–H and O–H groups in total. The van der Waals surface area contributed by atoms with Crippen LogP contribution in [0.4, 0.5) is 15.3 Å². The number of methoxy groups -OCH3 is 1. The van der Waals surface area contributed by atoms with Crippen LogP contribution in [0.2, 0.25) is 0 Å². The van der Waals surface area contributed by atoms with Crippen LogP contribution in [0.5, 0.6) is 5.75 Å². The number of hydrogen-bond donors (Lipinski definition) is 0. The number of carbonyl (C=O) groups is 2. The van der Waals surface area contributed by atoms with E-state index in [2.05, 4.69) is 9.97 Å². The molecule has 198 valence electrons. The number of fused-ring (bicyclic) bond motifs is 1. The standard InChI is InChI=1S/C26H32N4O6S/c1-25(2,3)35-23(32)30(24(33)36-26(4,5)6)19-13-20(31)29(15-16-10-9-11-17(12-16)34-7)21-18(19)14-27-22(28-21)37-8/h9-14H,15H2,1-8H3. The molecule has 11 heteroatoms. The highest BCUT2D eigenvalue weighted by molar-refractivity contribution is 7.98. The fraction of sp³-hybridized carbons (Fsp3) is 0.423. The van der Waals surface area contributed by atoms with Crippen LogP contribution in [0, 0.1) is 0 Å². The molecule has 2 aromatic heterocycles. The van der Waals surface area contributed by atoms with Gasteiger partial charge in [-0.1, -0.05) is 23.9 Å².